The Hall–Kier alpha value is -3.08. The highest BCUT2D eigenvalue weighted by Gasteiger charge is 2.42. The highest BCUT2D eigenvalue weighted by molar-refractivity contribution is 5.94. The van der Waals surface area contributed by atoms with E-state index in [1.165, 1.54) is 17.2 Å². The molecule has 1 N–H and O–H groups in total. The first-order valence-electron chi connectivity index (χ1n) is 9.78. The quantitative estimate of drug-likeness (QED) is 0.792. The summed E-state index contributed by atoms with van der Waals surface area (Å²) in [6, 6.07) is 1.18. The second kappa shape index (κ2) is 7.98. The lowest BCUT2D eigenvalue weighted by molar-refractivity contribution is -0.122. The summed E-state index contributed by atoms with van der Waals surface area (Å²) in [5.74, 6) is -0.997. The number of carbonyl (C=O) groups is 2. The van der Waals surface area contributed by atoms with E-state index in [9.17, 15) is 14.0 Å². The molecule has 11 heteroatoms. The van der Waals surface area contributed by atoms with Gasteiger partial charge in [0.2, 0.25) is 0 Å². The van der Waals surface area contributed by atoms with Gasteiger partial charge in [-0.3, -0.25) is 9.78 Å². The number of nitrogens with one attached hydrogen (secondary N) is 1. The van der Waals surface area contributed by atoms with Gasteiger partial charge >= 0.3 is 6.03 Å². The molecule has 30 heavy (non-hydrogen) atoms. The molecule has 1 spiro atoms. The molecule has 0 radical (unpaired) electrons. The molecule has 2 aromatic heterocycles. The molecule has 4 heterocycles. The van der Waals surface area contributed by atoms with Gasteiger partial charge in [0.1, 0.15) is 11.3 Å². The number of pyridine rings is 1. The van der Waals surface area contributed by atoms with Crippen LogP contribution in [0.2, 0.25) is 0 Å². The van der Waals surface area contributed by atoms with Gasteiger partial charge in [0.25, 0.3) is 5.91 Å². The number of likely N-dealkylation sites (tertiary alicyclic amines) is 1. The van der Waals surface area contributed by atoms with Crippen molar-refractivity contribution in [3.63, 3.8) is 0 Å². The Morgan fingerprint density at radius 2 is 2.20 bits per heavy atom. The van der Waals surface area contributed by atoms with E-state index in [2.05, 4.69) is 20.6 Å². The first-order chi connectivity index (χ1) is 14.4. The molecule has 1 saturated heterocycles. The van der Waals surface area contributed by atoms with Crippen LogP contribution in [0, 0.1) is 5.82 Å². The molecule has 2 aliphatic rings. The van der Waals surface area contributed by atoms with Gasteiger partial charge in [-0.2, -0.15) is 0 Å². The number of carbonyl (C=O) groups excluding carboxylic acids is 2. The fraction of sp³-hybridized carbons (Fsp3) is 0.526. The van der Waals surface area contributed by atoms with Gasteiger partial charge in [-0.1, -0.05) is 5.21 Å². The number of halogens is 1. The van der Waals surface area contributed by atoms with Crippen LogP contribution < -0.4 is 5.32 Å². The highest BCUT2D eigenvalue weighted by atomic mass is 19.1. The van der Waals surface area contributed by atoms with Crippen LogP contribution in [-0.2, 0) is 24.4 Å². The normalized spacial score (nSPS) is 20.7. The lowest BCUT2D eigenvalue weighted by Gasteiger charge is -2.44. The summed E-state index contributed by atoms with van der Waals surface area (Å²) < 4.78 is 22.0. The molecule has 1 unspecified atom stereocenters. The lowest BCUT2D eigenvalue weighted by Crippen LogP contribution is -2.55. The number of urea groups is 1. The van der Waals surface area contributed by atoms with Crippen LogP contribution in [0.1, 0.15) is 34.6 Å². The highest BCUT2D eigenvalue weighted by Crippen LogP contribution is 2.33. The fourth-order valence-corrected chi connectivity index (χ4v) is 3.89. The minimum atomic E-state index is -0.630. The number of fused-ring (bicyclic) bond motifs is 1. The van der Waals surface area contributed by atoms with Crippen molar-refractivity contribution in [1.82, 2.24) is 35.1 Å². The molecule has 1 atom stereocenters. The monoisotopic (exact) mass is 417 g/mol. The largest absolute Gasteiger partial charge is 0.365 e. The van der Waals surface area contributed by atoms with E-state index in [4.69, 9.17) is 4.74 Å². The molecule has 0 aromatic carbocycles. The molecule has 0 aliphatic carbocycles. The van der Waals surface area contributed by atoms with E-state index in [-0.39, 0.29) is 30.7 Å². The third-order valence-electron chi connectivity index (χ3n) is 5.51. The van der Waals surface area contributed by atoms with Gasteiger partial charge < -0.3 is 19.9 Å². The Balaban J connectivity index is 1.46. The van der Waals surface area contributed by atoms with E-state index < -0.39 is 11.4 Å². The maximum atomic E-state index is 14.0. The number of hydrogen-bond donors (Lipinski definition) is 1. The SMILES string of the molecule is CN(C)C(=O)NCc1nnn2c1COC1(CCCN(C(=O)c3ccncc3F)C1)C2. The fourth-order valence-electron chi connectivity index (χ4n) is 3.89. The number of nitrogens with zero attached hydrogens (tertiary/aromatic N) is 6. The first-order valence-corrected chi connectivity index (χ1v) is 9.78. The van der Waals surface area contributed by atoms with Crippen LogP contribution in [0.25, 0.3) is 0 Å². The van der Waals surface area contributed by atoms with Crippen LogP contribution in [-0.4, -0.2) is 74.5 Å². The summed E-state index contributed by atoms with van der Waals surface area (Å²) in [5, 5.41) is 11.2. The molecule has 2 aromatic rings. The number of aromatic nitrogens is 4. The Morgan fingerprint density at radius 3 is 2.97 bits per heavy atom. The van der Waals surface area contributed by atoms with Gasteiger partial charge in [0.15, 0.2) is 5.82 Å². The summed E-state index contributed by atoms with van der Waals surface area (Å²) in [6.45, 7) is 1.87. The van der Waals surface area contributed by atoms with Crippen LogP contribution in [0.15, 0.2) is 18.5 Å². The Morgan fingerprint density at radius 1 is 1.37 bits per heavy atom. The zero-order valence-corrected chi connectivity index (χ0v) is 17.0. The smallest absolute Gasteiger partial charge is 0.317 e. The Bertz CT molecular complexity index is 963. The number of rotatable bonds is 3. The van der Waals surface area contributed by atoms with Crippen LogP contribution in [0.4, 0.5) is 9.18 Å². The first kappa shape index (κ1) is 20.2. The summed E-state index contributed by atoms with van der Waals surface area (Å²) >= 11 is 0. The van der Waals surface area contributed by atoms with E-state index >= 15 is 0 Å². The van der Waals surface area contributed by atoms with Gasteiger partial charge in [-0.15, -0.1) is 5.10 Å². The zero-order valence-electron chi connectivity index (χ0n) is 17.0. The second-order valence-electron chi connectivity index (χ2n) is 7.85. The third kappa shape index (κ3) is 3.84. The predicted molar refractivity (Wildman–Crippen MR) is 103 cm³/mol. The van der Waals surface area contributed by atoms with Crippen LogP contribution >= 0.6 is 0 Å². The molecule has 10 nitrogen and oxygen atoms in total. The third-order valence-corrected chi connectivity index (χ3v) is 5.51. The Kier molecular flexibility index (Phi) is 5.37. The molecule has 3 amide bonds. The van der Waals surface area contributed by atoms with E-state index in [1.807, 2.05) is 0 Å². The van der Waals surface area contributed by atoms with Gasteiger partial charge in [0.05, 0.1) is 43.7 Å². The van der Waals surface area contributed by atoms with Gasteiger partial charge in [-0.05, 0) is 18.9 Å². The maximum Gasteiger partial charge on any atom is 0.317 e. The lowest BCUT2D eigenvalue weighted by atomic mass is 9.90. The molecular formula is C19H24FN7O3. The van der Waals surface area contributed by atoms with Crippen molar-refractivity contribution in [3.05, 3.63) is 41.2 Å². The summed E-state index contributed by atoms with van der Waals surface area (Å²) in [6.07, 6.45) is 3.96. The van der Waals surface area contributed by atoms with Crippen LogP contribution in [0.5, 0.6) is 0 Å². The van der Waals surface area contributed by atoms with Crippen molar-refractivity contribution in [2.24, 2.45) is 0 Å². The minimum absolute atomic E-state index is 0.0122. The molecular weight excluding hydrogens is 393 g/mol. The summed E-state index contributed by atoms with van der Waals surface area (Å²) in [4.78, 5) is 31.3. The second-order valence-corrected chi connectivity index (χ2v) is 7.85. The van der Waals surface area contributed by atoms with Crippen molar-refractivity contribution >= 4 is 11.9 Å². The average Bonchev–Trinajstić information content (AvgIpc) is 3.13. The minimum Gasteiger partial charge on any atom is -0.365 e. The van der Waals surface area contributed by atoms with Crippen molar-refractivity contribution in [1.29, 1.82) is 0 Å². The number of amides is 3. The van der Waals surface area contributed by atoms with Gasteiger partial charge in [0, 0.05) is 26.8 Å². The maximum absolute atomic E-state index is 14.0. The molecule has 0 bridgehead atoms. The molecule has 0 saturated carbocycles. The van der Waals surface area contributed by atoms with E-state index in [1.54, 1.807) is 23.7 Å². The van der Waals surface area contributed by atoms with Crippen molar-refractivity contribution < 1.29 is 18.7 Å². The van der Waals surface area contributed by atoms with E-state index in [0.29, 0.717) is 25.3 Å². The molecule has 2 aliphatic heterocycles. The van der Waals surface area contributed by atoms with E-state index in [0.717, 1.165) is 24.7 Å². The standard InChI is InChI=1S/C19H24FN7O3/c1-25(2)18(29)22-9-15-16-10-30-19(12-27(16)24-23-15)5-3-7-26(11-19)17(28)13-4-6-21-8-14(13)20/h4,6,8H,3,5,7,9-12H2,1-2H3,(H,22,29). The molecule has 160 valence electrons. The molecule has 4 rings (SSSR count). The predicted octanol–water partition coefficient (Wildman–Crippen LogP) is 0.789. The number of ether oxygens (including phenoxy) is 1. The van der Waals surface area contributed by atoms with Crippen molar-refractivity contribution in [2.75, 3.05) is 27.2 Å². The van der Waals surface area contributed by atoms with Crippen molar-refractivity contribution in [2.45, 2.75) is 38.1 Å². The van der Waals surface area contributed by atoms with Crippen molar-refractivity contribution in [3.8, 4) is 0 Å². The number of hydrogen-bond acceptors (Lipinski definition) is 6. The van der Waals surface area contributed by atoms with Gasteiger partial charge in [-0.25, -0.2) is 13.9 Å². The number of piperidine rings is 1. The average molecular weight is 417 g/mol. The zero-order chi connectivity index (χ0) is 21.3. The summed E-state index contributed by atoms with van der Waals surface area (Å²) in [5.41, 5.74) is 0.881. The van der Waals surface area contributed by atoms with Crippen LogP contribution in [0.3, 0.4) is 0 Å². The molecule has 1 fully saturated rings. The summed E-state index contributed by atoms with van der Waals surface area (Å²) in [7, 11) is 3.33. The Labute approximate surface area is 173 Å². The topological polar surface area (TPSA) is 105 Å².